The number of aliphatic imine (C=N–C) groups is 1. The van der Waals surface area contributed by atoms with E-state index in [0.717, 1.165) is 4.57 Å². The fourth-order valence-electron chi connectivity index (χ4n) is 1.95. The Bertz CT molecular complexity index is 573. The lowest BCUT2D eigenvalue weighted by Crippen LogP contribution is -2.35. The Balaban J connectivity index is 2.24. The van der Waals surface area contributed by atoms with Gasteiger partial charge in [0.2, 0.25) is 0 Å². The molecule has 0 bridgehead atoms. The summed E-state index contributed by atoms with van der Waals surface area (Å²) in [7, 11) is 3.56. The maximum atomic E-state index is 11.9. The molecule has 0 spiro atoms. The van der Waals surface area contributed by atoms with Crippen molar-refractivity contribution in [3.8, 4) is 0 Å². The minimum Gasteiger partial charge on any atom is -0.394 e. The molecule has 1 saturated heterocycles. The minimum absolute atomic E-state index is 0.219. The summed E-state index contributed by atoms with van der Waals surface area (Å²) < 4.78 is 6.32. The van der Waals surface area contributed by atoms with E-state index in [2.05, 4.69) is 9.98 Å². The van der Waals surface area contributed by atoms with Gasteiger partial charge >= 0.3 is 5.69 Å². The van der Waals surface area contributed by atoms with Crippen molar-refractivity contribution in [3.05, 3.63) is 22.7 Å². The topological polar surface area (TPSA) is 120 Å². The fraction of sp³-hybridized carbons (Fsp3) is 0.583. The van der Waals surface area contributed by atoms with E-state index in [1.165, 1.54) is 18.6 Å². The molecule has 9 nitrogen and oxygen atoms in total. The third kappa shape index (κ3) is 3.27. The van der Waals surface area contributed by atoms with Gasteiger partial charge in [-0.15, -0.1) is 0 Å². The number of hydrogen-bond donors (Lipinski definition) is 3. The van der Waals surface area contributed by atoms with Crippen LogP contribution in [0.3, 0.4) is 0 Å². The summed E-state index contributed by atoms with van der Waals surface area (Å²) in [5.41, 5.74) is -0.668. The Kier molecular flexibility index (Phi) is 4.68. The average molecular weight is 298 g/mol. The molecular weight excluding hydrogens is 280 g/mol. The van der Waals surface area contributed by atoms with E-state index in [1.807, 2.05) is 0 Å². The van der Waals surface area contributed by atoms with E-state index in [4.69, 9.17) is 9.84 Å². The van der Waals surface area contributed by atoms with E-state index in [0.29, 0.717) is 0 Å². The lowest BCUT2D eigenvalue weighted by atomic mass is 10.1. The summed E-state index contributed by atoms with van der Waals surface area (Å²) in [6.45, 7) is -0.456. The third-order valence-electron chi connectivity index (χ3n) is 3.03. The van der Waals surface area contributed by atoms with Gasteiger partial charge in [-0.2, -0.15) is 4.98 Å². The Morgan fingerprint density at radius 3 is 2.71 bits per heavy atom. The highest BCUT2D eigenvalue weighted by molar-refractivity contribution is 5.58. The number of hydrogen-bond acceptors (Lipinski definition) is 7. The molecule has 3 N–H and O–H groups in total. The van der Waals surface area contributed by atoms with Crippen LogP contribution in [0.4, 0.5) is 5.82 Å². The SMILES string of the molecule is CN(C)/C=N\c1ccn([C@@H]2O[C@H](CO)[C@H](O)C2O)c(=O)n1. The number of aliphatic hydroxyl groups excluding tert-OH is 3. The zero-order chi connectivity index (χ0) is 15.6. The summed E-state index contributed by atoms with van der Waals surface area (Å²) in [5.74, 6) is 0.219. The van der Waals surface area contributed by atoms with Gasteiger partial charge in [0.05, 0.1) is 12.9 Å². The number of aliphatic hydroxyl groups is 3. The molecule has 1 fully saturated rings. The molecule has 0 aliphatic carbocycles. The fourth-order valence-corrected chi connectivity index (χ4v) is 1.95. The standard InChI is InChI=1S/C12H18N4O5/c1-15(2)6-13-8-3-4-16(12(20)14-8)11-10(19)9(18)7(5-17)21-11/h3-4,6-7,9-11,17-19H,5H2,1-2H3/b13-6-/t7-,9+,10?,11-/m1/s1. The Morgan fingerprint density at radius 2 is 2.19 bits per heavy atom. The summed E-state index contributed by atoms with van der Waals surface area (Å²) in [6.07, 6.45) is -1.75. The molecule has 2 rings (SSSR count). The van der Waals surface area contributed by atoms with Gasteiger partial charge in [0.25, 0.3) is 0 Å². The van der Waals surface area contributed by atoms with Gasteiger partial charge in [-0.3, -0.25) is 4.57 Å². The van der Waals surface area contributed by atoms with Crippen LogP contribution in [0.1, 0.15) is 6.23 Å². The molecule has 0 radical (unpaired) electrons. The van der Waals surface area contributed by atoms with E-state index < -0.39 is 36.8 Å². The largest absolute Gasteiger partial charge is 0.394 e. The molecule has 2 heterocycles. The molecule has 1 aliphatic rings. The first-order valence-corrected chi connectivity index (χ1v) is 6.36. The second kappa shape index (κ2) is 6.31. The lowest BCUT2D eigenvalue weighted by Gasteiger charge is -2.16. The first-order valence-electron chi connectivity index (χ1n) is 6.36. The molecule has 4 atom stereocenters. The number of aromatic nitrogens is 2. The van der Waals surface area contributed by atoms with Crippen molar-refractivity contribution >= 4 is 12.2 Å². The highest BCUT2D eigenvalue weighted by Crippen LogP contribution is 2.28. The van der Waals surface area contributed by atoms with Crippen molar-refractivity contribution < 1.29 is 20.1 Å². The molecule has 1 aromatic rings. The molecule has 1 unspecified atom stereocenters. The van der Waals surface area contributed by atoms with Crippen LogP contribution in [-0.4, -0.2) is 75.1 Å². The lowest BCUT2D eigenvalue weighted by molar-refractivity contribution is -0.0549. The number of nitrogens with zero attached hydrogens (tertiary/aromatic N) is 4. The van der Waals surface area contributed by atoms with Crippen LogP contribution in [0.25, 0.3) is 0 Å². The van der Waals surface area contributed by atoms with Crippen LogP contribution in [0, 0.1) is 0 Å². The molecule has 0 amide bonds. The van der Waals surface area contributed by atoms with Gasteiger partial charge in [0.15, 0.2) is 12.0 Å². The van der Waals surface area contributed by atoms with Crippen LogP contribution < -0.4 is 5.69 Å². The van der Waals surface area contributed by atoms with Crippen LogP contribution in [0.5, 0.6) is 0 Å². The van der Waals surface area contributed by atoms with Gasteiger partial charge in [0, 0.05) is 20.3 Å². The van der Waals surface area contributed by atoms with Crippen molar-refractivity contribution in [2.24, 2.45) is 4.99 Å². The zero-order valence-electron chi connectivity index (χ0n) is 11.7. The van der Waals surface area contributed by atoms with Crippen molar-refractivity contribution in [1.29, 1.82) is 0 Å². The predicted molar refractivity (Wildman–Crippen MR) is 73.3 cm³/mol. The van der Waals surface area contributed by atoms with Crippen LogP contribution in [0.2, 0.25) is 0 Å². The van der Waals surface area contributed by atoms with E-state index in [1.54, 1.807) is 19.0 Å². The van der Waals surface area contributed by atoms with E-state index in [9.17, 15) is 15.0 Å². The van der Waals surface area contributed by atoms with Gasteiger partial charge in [-0.1, -0.05) is 0 Å². The van der Waals surface area contributed by atoms with Crippen molar-refractivity contribution in [3.63, 3.8) is 0 Å². The van der Waals surface area contributed by atoms with Gasteiger partial charge in [-0.05, 0) is 6.07 Å². The van der Waals surface area contributed by atoms with Crippen LogP contribution in [0.15, 0.2) is 22.1 Å². The molecular formula is C12H18N4O5. The number of ether oxygens (including phenoxy) is 1. The Morgan fingerprint density at radius 1 is 1.48 bits per heavy atom. The van der Waals surface area contributed by atoms with Crippen LogP contribution in [-0.2, 0) is 4.74 Å². The summed E-state index contributed by atoms with van der Waals surface area (Å²) >= 11 is 0. The molecule has 9 heteroatoms. The van der Waals surface area contributed by atoms with Gasteiger partial charge in [-0.25, -0.2) is 9.79 Å². The minimum atomic E-state index is -1.32. The Hall–Kier alpha value is -1.81. The Labute approximate surface area is 120 Å². The highest BCUT2D eigenvalue weighted by Gasteiger charge is 2.43. The summed E-state index contributed by atoms with van der Waals surface area (Å²) in [4.78, 5) is 21.4. The summed E-state index contributed by atoms with van der Waals surface area (Å²) in [5, 5.41) is 28.6. The quantitative estimate of drug-likeness (QED) is 0.437. The zero-order valence-corrected chi connectivity index (χ0v) is 11.7. The van der Waals surface area contributed by atoms with Crippen molar-refractivity contribution in [1.82, 2.24) is 14.5 Å². The first-order chi connectivity index (χ1) is 9.93. The van der Waals surface area contributed by atoms with Gasteiger partial charge in [0.1, 0.15) is 18.3 Å². The van der Waals surface area contributed by atoms with E-state index in [-0.39, 0.29) is 5.82 Å². The normalized spacial score (nSPS) is 29.2. The predicted octanol–water partition coefficient (Wildman–Crippen LogP) is -1.92. The average Bonchev–Trinajstić information content (AvgIpc) is 2.73. The smallest absolute Gasteiger partial charge is 0.351 e. The molecule has 21 heavy (non-hydrogen) atoms. The van der Waals surface area contributed by atoms with Crippen molar-refractivity contribution in [2.45, 2.75) is 24.5 Å². The van der Waals surface area contributed by atoms with Gasteiger partial charge < -0.3 is 25.0 Å². The third-order valence-corrected chi connectivity index (χ3v) is 3.03. The monoisotopic (exact) mass is 298 g/mol. The maximum Gasteiger partial charge on any atom is 0.351 e. The molecule has 0 saturated carbocycles. The maximum absolute atomic E-state index is 11.9. The van der Waals surface area contributed by atoms with Crippen LogP contribution >= 0.6 is 0 Å². The van der Waals surface area contributed by atoms with E-state index >= 15 is 0 Å². The second-order valence-electron chi connectivity index (χ2n) is 4.91. The summed E-state index contributed by atoms with van der Waals surface area (Å²) in [6, 6.07) is 1.48. The van der Waals surface area contributed by atoms with Crippen molar-refractivity contribution in [2.75, 3.05) is 20.7 Å². The molecule has 0 aromatic carbocycles. The number of rotatable bonds is 4. The highest BCUT2D eigenvalue weighted by atomic mass is 16.6. The molecule has 1 aromatic heterocycles. The molecule has 1 aliphatic heterocycles. The molecule has 116 valence electrons. The second-order valence-corrected chi connectivity index (χ2v) is 4.91. The first kappa shape index (κ1) is 15.6.